The monoisotopic (exact) mass is 876 g/mol. The fourth-order valence-corrected chi connectivity index (χ4v) is 7.97. The standard InChI is InChI=1S/C47H68N6O10/c1-4-5-6-7-8-9-10-11-12-13-14-15-16-17-42(58)52(2)38(30-54)45(60)49-27-40(56)48-29-43(59)53(3)44-33-21-22-34(32-19-20-32)35(26-33)36-24-31(18-23-39(36)55)25-37(47(62)63)51-41(57)28-50-46(44)61/h18,21-24,26,32,37-38,44,54-55H,4-17,19-20,25,27-30H2,1-3H3,(H,48,56)(H,49,60)(H,50,61)(H,51,57)(H,62,63)/t37-,38?,44?/m0/s1. The molecule has 4 bridgehead atoms. The summed E-state index contributed by atoms with van der Waals surface area (Å²) in [5.41, 5.74) is 2.83. The second-order valence-electron chi connectivity index (χ2n) is 17.0. The van der Waals surface area contributed by atoms with Crippen LogP contribution in [0, 0.1) is 0 Å². The third-order valence-electron chi connectivity index (χ3n) is 12.0. The molecule has 16 heteroatoms. The fraction of sp³-hybridized carbons (Fsp3) is 0.596. The molecule has 4 rings (SSSR count). The van der Waals surface area contributed by atoms with Gasteiger partial charge in [-0.1, -0.05) is 102 Å². The number of fused-ring (bicyclic) bond motifs is 5. The number of phenolic OH excluding ortho intramolecular Hbond substituents is 1. The van der Waals surface area contributed by atoms with E-state index >= 15 is 0 Å². The Morgan fingerprint density at radius 2 is 1.43 bits per heavy atom. The number of carboxylic acids is 1. The maximum Gasteiger partial charge on any atom is 0.326 e. The van der Waals surface area contributed by atoms with Crippen molar-refractivity contribution in [2.24, 2.45) is 0 Å². The molecule has 2 aromatic rings. The summed E-state index contributed by atoms with van der Waals surface area (Å²) in [6, 6.07) is 6.06. The van der Waals surface area contributed by atoms with Gasteiger partial charge in [-0.2, -0.15) is 0 Å². The number of aromatic hydroxyl groups is 1. The van der Waals surface area contributed by atoms with Crippen LogP contribution in [-0.4, -0.2) is 119 Å². The van der Waals surface area contributed by atoms with Gasteiger partial charge in [0.25, 0.3) is 0 Å². The highest BCUT2D eigenvalue weighted by atomic mass is 16.4. The smallest absolute Gasteiger partial charge is 0.326 e. The van der Waals surface area contributed by atoms with Gasteiger partial charge in [0, 0.05) is 32.5 Å². The SMILES string of the molecule is CCCCCCCCCCCCCCCC(=O)N(C)C(CO)C(=O)NCC(=O)NCC(=O)N(C)C1C(=O)NCC(=O)N[C@H](C(=O)O)Cc2ccc(O)c(c2)-c2cc1ccc2C1CC1. The molecule has 0 saturated heterocycles. The maximum absolute atomic E-state index is 13.8. The van der Waals surface area contributed by atoms with Crippen molar-refractivity contribution in [1.29, 1.82) is 0 Å². The van der Waals surface area contributed by atoms with E-state index in [9.17, 15) is 48.9 Å². The first-order valence-corrected chi connectivity index (χ1v) is 22.7. The van der Waals surface area contributed by atoms with Crippen LogP contribution in [0.4, 0.5) is 0 Å². The number of nitrogens with zero attached hydrogens (tertiary/aromatic N) is 2. The molecule has 6 amide bonds. The van der Waals surface area contributed by atoms with Gasteiger partial charge in [-0.25, -0.2) is 4.79 Å². The molecule has 2 unspecified atom stereocenters. The zero-order valence-corrected chi connectivity index (χ0v) is 37.2. The fourth-order valence-electron chi connectivity index (χ4n) is 7.97. The molecule has 16 nitrogen and oxygen atoms in total. The first-order chi connectivity index (χ1) is 30.2. The predicted molar refractivity (Wildman–Crippen MR) is 237 cm³/mol. The highest BCUT2D eigenvalue weighted by molar-refractivity contribution is 5.95. The van der Waals surface area contributed by atoms with Crippen LogP contribution in [0.25, 0.3) is 11.1 Å². The molecule has 1 aliphatic heterocycles. The molecule has 1 aliphatic carbocycles. The van der Waals surface area contributed by atoms with E-state index in [0.29, 0.717) is 28.7 Å². The van der Waals surface area contributed by atoms with Crippen LogP contribution in [0.2, 0.25) is 0 Å². The van der Waals surface area contributed by atoms with Crippen LogP contribution in [-0.2, 0) is 40.0 Å². The molecule has 1 saturated carbocycles. The number of nitrogens with one attached hydrogen (secondary N) is 4. The first kappa shape index (κ1) is 50.1. The summed E-state index contributed by atoms with van der Waals surface area (Å²) in [7, 11) is 2.79. The Kier molecular flexibility index (Phi) is 20.3. The van der Waals surface area contributed by atoms with E-state index in [1.54, 1.807) is 24.3 Å². The molecule has 2 aliphatic rings. The maximum atomic E-state index is 13.8. The number of amides is 6. The average Bonchev–Trinajstić information content (AvgIpc) is 4.11. The van der Waals surface area contributed by atoms with E-state index in [4.69, 9.17) is 0 Å². The number of hydrogen-bond donors (Lipinski definition) is 7. The Morgan fingerprint density at radius 3 is 2.03 bits per heavy atom. The van der Waals surface area contributed by atoms with E-state index < -0.39 is 79.9 Å². The van der Waals surface area contributed by atoms with E-state index in [2.05, 4.69) is 28.2 Å². The minimum atomic E-state index is -1.32. The van der Waals surface area contributed by atoms with Crippen LogP contribution in [0.15, 0.2) is 36.4 Å². The minimum Gasteiger partial charge on any atom is -0.507 e. The van der Waals surface area contributed by atoms with Crippen LogP contribution in [0.3, 0.4) is 0 Å². The van der Waals surface area contributed by atoms with Crippen molar-refractivity contribution in [3.05, 3.63) is 53.1 Å². The topological polar surface area (TPSA) is 235 Å². The van der Waals surface area contributed by atoms with E-state index in [1.165, 1.54) is 82.8 Å². The van der Waals surface area contributed by atoms with Gasteiger partial charge >= 0.3 is 5.97 Å². The lowest BCUT2D eigenvalue weighted by molar-refractivity contribution is -0.142. The number of hydrogen-bond acceptors (Lipinski definition) is 9. The average molecular weight is 877 g/mol. The molecule has 63 heavy (non-hydrogen) atoms. The second kappa shape index (κ2) is 25.6. The number of aliphatic hydroxyl groups excluding tert-OH is 1. The van der Waals surface area contributed by atoms with Crippen LogP contribution >= 0.6 is 0 Å². The molecule has 7 N–H and O–H groups in total. The Balaban J connectivity index is 1.31. The molecule has 3 atom stereocenters. The molecular formula is C47H68N6O10. The van der Waals surface area contributed by atoms with Gasteiger partial charge < -0.3 is 46.4 Å². The zero-order valence-electron chi connectivity index (χ0n) is 37.2. The number of phenols is 1. The normalized spacial score (nSPS) is 16.8. The molecule has 2 aromatic carbocycles. The van der Waals surface area contributed by atoms with Gasteiger partial charge in [-0.15, -0.1) is 0 Å². The summed E-state index contributed by atoms with van der Waals surface area (Å²) in [6.45, 7) is -0.148. The van der Waals surface area contributed by atoms with Crippen molar-refractivity contribution in [1.82, 2.24) is 31.1 Å². The molecule has 0 spiro atoms. The summed E-state index contributed by atoms with van der Waals surface area (Å²) in [6.07, 6.45) is 17.2. The molecule has 0 aromatic heterocycles. The van der Waals surface area contributed by atoms with Gasteiger partial charge in [0.2, 0.25) is 35.4 Å². The van der Waals surface area contributed by atoms with Crippen molar-refractivity contribution in [2.75, 3.05) is 40.3 Å². The molecule has 0 radical (unpaired) electrons. The number of benzene rings is 2. The predicted octanol–water partition coefficient (Wildman–Crippen LogP) is 4.21. The summed E-state index contributed by atoms with van der Waals surface area (Å²) in [5, 5.41) is 40.6. The van der Waals surface area contributed by atoms with Crippen molar-refractivity contribution >= 4 is 41.4 Å². The van der Waals surface area contributed by atoms with Crippen molar-refractivity contribution in [2.45, 2.75) is 140 Å². The Hall–Kier alpha value is -5.51. The number of carbonyl (C=O) groups excluding carboxylic acids is 6. The number of unbranched alkanes of at least 4 members (excludes halogenated alkanes) is 12. The van der Waals surface area contributed by atoms with Crippen LogP contribution < -0.4 is 21.3 Å². The Morgan fingerprint density at radius 1 is 0.794 bits per heavy atom. The van der Waals surface area contributed by atoms with E-state index in [0.717, 1.165) is 42.6 Å². The lowest BCUT2D eigenvalue weighted by Gasteiger charge is -2.29. The van der Waals surface area contributed by atoms with Crippen molar-refractivity contribution in [3.63, 3.8) is 0 Å². The quantitative estimate of drug-likeness (QED) is 0.0743. The number of aliphatic carboxylic acids is 1. The Bertz CT molecular complexity index is 1900. The van der Waals surface area contributed by atoms with Gasteiger partial charge in [-0.05, 0) is 65.6 Å². The highest BCUT2D eigenvalue weighted by Crippen LogP contribution is 2.47. The third kappa shape index (κ3) is 15.7. The second-order valence-corrected chi connectivity index (χ2v) is 17.0. The van der Waals surface area contributed by atoms with Gasteiger partial charge in [0.15, 0.2) is 0 Å². The molecule has 1 heterocycles. The highest BCUT2D eigenvalue weighted by Gasteiger charge is 2.34. The molecule has 1 fully saturated rings. The molecule has 346 valence electrons. The van der Waals surface area contributed by atoms with Crippen LogP contribution in [0.1, 0.15) is 138 Å². The number of aliphatic hydroxyl groups is 1. The number of rotatable bonds is 24. The van der Waals surface area contributed by atoms with E-state index in [-0.39, 0.29) is 30.4 Å². The summed E-state index contributed by atoms with van der Waals surface area (Å²) in [4.78, 5) is 93.3. The lowest BCUT2D eigenvalue weighted by atomic mass is 9.90. The largest absolute Gasteiger partial charge is 0.507 e. The number of carboxylic acid groups (broad SMARTS) is 1. The van der Waals surface area contributed by atoms with Gasteiger partial charge in [-0.3, -0.25) is 28.8 Å². The van der Waals surface area contributed by atoms with Crippen molar-refractivity contribution < 1.29 is 48.9 Å². The van der Waals surface area contributed by atoms with E-state index in [1.807, 2.05) is 6.07 Å². The van der Waals surface area contributed by atoms with Gasteiger partial charge in [0.1, 0.15) is 23.9 Å². The Labute approximate surface area is 370 Å². The zero-order chi connectivity index (χ0) is 45.9. The third-order valence-corrected chi connectivity index (χ3v) is 12.0. The lowest BCUT2D eigenvalue weighted by Crippen LogP contribution is -2.52. The van der Waals surface area contributed by atoms with Crippen molar-refractivity contribution in [3.8, 4) is 16.9 Å². The number of carbonyl (C=O) groups is 7. The minimum absolute atomic E-state index is 0.0744. The summed E-state index contributed by atoms with van der Waals surface area (Å²) < 4.78 is 0. The summed E-state index contributed by atoms with van der Waals surface area (Å²) >= 11 is 0. The van der Waals surface area contributed by atoms with Crippen LogP contribution in [0.5, 0.6) is 5.75 Å². The number of likely N-dealkylation sites (N-methyl/N-ethyl adjacent to an activating group) is 2. The first-order valence-electron chi connectivity index (χ1n) is 22.7. The summed E-state index contributed by atoms with van der Waals surface area (Å²) in [5.74, 6) is -5.16. The molecular weight excluding hydrogens is 809 g/mol. The van der Waals surface area contributed by atoms with Gasteiger partial charge in [0.05, 0.1) is 26.2 Å².